The zero-order valence-electron chi connectivity index (χ0n) is 11.4. The molecule has 0 aliphatic carbocycles. The monoisotopic (exact) mass is 285 g/mol. The Bertz CT molecular complexity index is 702. The summed E-state index contributed by atoms with van der Waals surface area (Å²) in [5.41, 5.74) is 1.32. The summed E-state index contributed by atoms with van der Waals surface area (Å²) in [5, 5.41) is 11.9. The fourth-order valence-corrected chi connectivity index (χ4v) is 2.91. The Balaban J connectivity index is 2.09. The Labute approximate surface area is 121 Å². The molecule has 0 N–H and O–H groups in total. The molecular formula is C15H15N3O3. The number of carbonyl (C=O) groups is 1. The van der Waals surface area contributed by atoms with Gasteiger partial charge in [0.2, 0.25) is 0 Å². The highest BCUT2D eigenvalue weighted by atomic mass is 16.6. The van der Waals surface area contributed by atoms with Crippen LogP contribution in [0.4, 0.5) is 11.4 Å². The smallest absolute Gasteiger partial charge is 0.295 e. The van der Waals surface area contributed by atoms with E-state index in [1.54, 1.807) is 12.3 Å². The number of para-hydroxylation sites is 1. The number of nitrogens with zero attached hydrogens (tertiary/aromatic N) is 3. The van der Waals surface area contributed by atoms with Gasteiger partial charge >= 0.3 is 0 Å². The quantitative estimate of drug-likeness (QED) is 0.492. The van der Waals surface area contributed by atoms with E-state index in [1.165, 1.54) is 6.07 Å². The van der Waals surface area contributed by atoms with Crippen molar-refractivity contribution in [2.75, 3.05) is 18.0 Å². The summed E-state index contributed by atoms with van der Waals surface area (Å²) >= 11 is 0. The summed E-state index contributed by atoms with van der Waals surface area (Å²) in [6.07, 6.45) is 4.44. The van der Waals surface area contributed by atoms with Gasteiger partial charge in [-0.2, -0.15) is 0 Å². The van der Waals surface area contributed by atoms with Crippen molar-refractivity contribution in [2.24, 2.45) is 5.92 Å². The van der Waals surface area contributed by atoms with Gasteiger partial charge in [0.1, 0.15) is 11.8 Å². The number of rotatable bonds is 3. The van der Waals surface area contributed by atoms with Gasteiger partial charge in [-0.05, 0) is 18.9 Å². The van der Waals surface area contributed by atoms with Crippen LogP contribution in [0.2, 0.25) is 0 Å². The molecule has 2 heterocycles. The van der Waals surface area contributed by atoms with Gasteiger partial charge in [0.25, 0.3) is 5.69 Å². The topological polar surface area (TPSA) is 76.3 Å². The number of fused-ring (bicyclic) bond motifs is 1. The molecule has 0 saturated carbocycles. The van der Waals surface area contributed by atoms with E-state index in [0.29, 0.717) is 12.1 Å². The number of carbonyl (C=O) groups excluding carboxylic acids is 1. The predicted molar refractivity (Wildman–Crippen MR) is 79.4 cm³/mol. The van der Waals surface area contributed by atoms with Crippen LogP contribution >= 0.6 is 0 Å². The lowest BCUT2D eigenvalue weighted by Gasteiger charge is -2.32. The van der Waals surface area contributed by atoms with Crippen LogP contribution in [0.5, 0.6) is 0 Å². The molecule has 3 rings (SSSR count). The summed E-state index contributed by atoms with van der Waals surface area (Å²) in [4.78, 5) is 28.0. The molecule has 1 atom stereocenters. The Morgan fingerprint density at radius 1 is 1.38 bits per heavy atom. The Morgan fingerprint density at radius 2 is 2.24 bits per heavy atom. The molecule has 0 spiro atoms. The summed E-state index contributed by atoms with van der Waals surface area (Å²) in [6, 6.07) is 6.84. The van der Waals surface area contributed by atoms with Gasteiger partial charge in [0, 0.05) is 42.3 Å². The van der Waals surface area contributed by atoms with Gasteiger partial charge in [-0.3, -0.25) is 10.1 Å². The van der Waals surface area contributed by atoms with Crippen LogP contribution in [0.3, 0.4) is 0 Å². The van der Waals surface area contributed by atoms with Crippen molar-refractivity contribution in [1.82, 2.24) is 4.98 Å². The van der Waals surface area contributed by atoms with Crippen molar-refractivity contribution in [2.45, 2.75) is 12.8 Å². The fourth-order valence-electron chi connectivity index (χ4n) is 2.91. The van der Waals surface area contributed by atoms with Crippen LogP contribution in [-0.4, -0.2) is 29.3 Å². The van der Waals surface area contributed by atoms with E-state index in [9.17, 15) is 14.9 Å². The lowest BCUT2D eigenvalue weighted by molar-refractivity contribution is -0.383. The first-order valence-electron chi connectivity index (χ1n) is 6.93. The van der Waals surface area contributed by atoms with Crippen LogP contribution in [-0.2, 0) is 4.79 Å². The Kier molecular flexibility index (Phi) is 3.51. The Morgan fingerprint density at radius 3 is 3.00 bits per heavy atom. The second-order valence-electron chi connectivity index (χ2n) is 5.24. The molecule has 1 fully saturated rings. The standard InChI is InChI=1S/C15H15N3O3/c19-10-11-3-2-8-17(9-11)13-6-7-16-15-12(13)4-1-5-14(15)18(20)21/h1,4-7,10-11H,2-3,8-9H2. The molecule has 2 aromatic rings. The third-order valence-electron chi connectivity index (χ3n) is 3.91. The molecule has 1 aliphatic heterocycles. The van der Waals surface area contributed by atoms with Gasteiger partial charge < -0.3 is 9.69 Å². The van der Waals surface area contributed by atoms with E-state index in [-0.39, 0.29) is 11.6 Å². The number of aromatic nitrogens is 1. The molecular weight excluding hydrogens is 270 g/mol. The van der Waals surface area contributed by atoms with Gasteiger partial charge in [0.15, 0.2) is 0 Å². The molecule has 1 aliphatic rings. The maximum absolute atomic E-state index is 11.1. The van der Waals surface area contributed by atoms with Crippen molar-refractivity contribution in [1.29, 1.82) is 0 Å². The minimum atomic E-state index is -0.413. The molecule has 0 amide bonds. The molecule has 0 radical (unpaired) electrons. The Hall–Kier alpha value is -2.50. The van der Waals surface area contributed by atoms with E-state index < -0.39 is 4.92 Å². The van der Waals surface area contributed by atoms with Crippen molar-refractivity contribution in [3.63, 3.8) is 0 Å². The number of hydrogen-bond acceptors (Lipinski definition) is 5. The number of non-ortho nitro benzene ring substituents is 1. The van der Waals surface area contributed by atoms with E-state index in [1.807, 2.05) is 12.1 Å². The van der Waals surface area contributed by atoms with Gasteiger partial charge in [0.05, 0.1) is 4.92 Å². The largest absolute Gasteiger partial charge is 0.370 e. The molecule has 1 aromatic carbocycles. The maximum Gasteiger partial charge on any atom is 0.295 e. The van der Waals surface area contributed by atoms with E-state index in [4.69, 9.17) is 0 Å². The molecule has 6 heteroatoms. The van der Waals surface area contributed by atoms with E-state index >= 15 is 0 Å². The second kappa shape index (κ2) is 5.47. The molecule has 21 heavy (non-hydrogen) atoms. The van der Waals surface area contributed by atoms with Crippen molar-refractivity contribution in [3.8, 4) is 0 Å². The zero-order chi connectivity index (χ0) is 14.8. The molecule has 0 bridgehead atoms. The first-order chi connectivity index (χ1) is 10.2. The molecule has 1 saturated heterocycles. The summed E-state index contributed by atoms with van der Waals surface area (Å²) in [6.45, 7) is 1.51. The average molecular weight is 285 g/mol. The normalized spacial score (nSPS) is 18.7. The highest BCUT2D eigenvalue weighted by Crippen LogP contribution is 2.32. The first kappa shape index (κ1) is 13.5. The predicted octanol–water partition coefficient (Wildman–Crippen LogP) is 2.56. The molecule has 108 valence electrons. The number of nitro benzene ring substituents is 1. The molecule has 1 unspecified atom stereocenters. The first-order valence-corrected chi connectivity index (χ1v) is 6.93. The number of hydrogen-bond donors (Lipinski definition) is 0. The summed E-state index contributed by atoms with van der Waals surface area (Å²) in [5.74, 6) is 0.0284. The minimum absolute atomic E-state index is 0.0123. The number of aldehydes is 1. The fraction of sp³-hybridized carbons (Fsp3) is 0.333. The molecule has 6 nitrogen and oxygen atoms in total. The van der Waals surface area contributed by atoms with Gasteiger partial charge in [-0.1, -0.05) is 12.1 Å². The number of piperidine rings is 1. The third-order valence-corrected chi connectivity index (χ3v) is 3.91. The van der Waals surface area contributed by atoms with Crippen LogP contribution in [0.1, 0.15) is 12.8 Å². The van der Waals surface area contributed by atoms with E-state index in [0.717, 1.165) is 36.7 Å². The van der Waals surface area contributed by atoms with Crippen molar-refractivity contribution in [3.05, 3.63) is 40.6 Å². The lowest BCUT2D eigenvalue weighted by Crippen LogP contribution is -2.36. The van der Waals surface area contributed by atoms with Gasteiger partial charge in [-0.25, -0.2) is 4.98 Å². The highest BCUT2D eigenvalue weighted by Gasteiger charge is 2.22. The van der Waals surface area contributed by atoms with Crippen molar-refractivity contribution >= 4 is 28.6 Å². The highest BCUT2D eigenvalue weighted by molar-refractivity contribution is 5.96. The third kappa shape index (κ3) is 2.44. The number of anilines is 1. The second-order valence-corrected chi connectivity index (χ2v) is 5.24. The van der Waals surface area contributed by atoms with Gasteiger partial charge in [-0.15, -0.1) is 0 Å². The van der Waals surface area contributed by atoms with E-state index in [2.05, 4.69) is 9.88 Å². The summed E-state index contributed by atoms with van der Waals surface area (Å²) in [7, 11) is 0. The number of pyridine rings is 1. The van der Waals surface area contributed by atoms with Crippen LogP contribution in [0.25, 0.3) is 10.9 Å². The number of nitro groups is 1. The maximum atomic E-state index is 11.1. The SMILES string of the molecule is O=CC1CCCN(c2ccnc3c([N+](=O)[O-])cccc23)C1. The molecule has 1 aromatic heterocycles. The van der Waals surface area contributed by atoms with Crippen LogP contribution < -0.4 is 4.90 Å². The van der Waals surface area contributed by atoms with Crippen LogP contribution in [0, 0.1) is 16.0 Å². The summed E-state index contributed by atoms with van der Waals surface area (Å²) < 4.78 is 0. The lowest BCUT2D eigenvalue weighted by atomic mass is 9.98. The number of benzene rings is 1. The average Bonchev–Trinajstić information content (AvgIpc) is 2.53. The van der Waals surface area contributed by atoms with Crippen LogP contribution in [0.15, 0.2) is 30.5 Å². The van der Waals surface area contributed by atoms with Crippen molar-refractivity contribution < 1.29 is 9.72 Å². The zero-order valence-corrected chi connectivity index (χ0v) is 11.4. The minimum Gasteiger partial charge on any atom is -0.370 e.